The monoisotopic (exact) mass is 288 g/mol. The van der Waals surface area contributed by atoms with E-state index in [1.807, 2.05) is 26.2 Å². The van der Waals surface area contributed by atoms with E-state index >= 15 is 0 Å². The van der Waals surface area contributed by atoms with Gasteiger partial charge < -0.3 is 10.2 Å². The smallest absolute Gasteiger partial charge is 0.251 e. The van der Waals surface area contributed by atoms with Crippen LogP contribution < -0.4 is 5.32 Å². The van der Waals surface area contributed by atoms with Crippen LogP contribution in [0.3, 0.4) is 0 Å². The van der Waals surface area contributed by atoms with Gasteiger partial charge in [0.1, 0.15) is 0 Å². The Labute approximate surface area is 123 Å². The molecule has 0 aliphatic carbocycles. The number of tetrazole rings is 1. The van der Waals surface area contributed by atoms with Gasteiger partial charge in [-0.05, 0) is 49.6 Å². The number of nitrogens with zero attached hydrogens (tertiary/aromatic N) is 5. The zero-order valence-electron chi connectivity index (χ0n) is 12.6. The molecule has 1 aromatic heterocycles. The fourth-order valence-electron chi connectivity index (χ4n) is 1.97. The van der Waals surface area contributed by atoms with E-state index in [0.29, 0.717) is 17.9 Å². The zero-order chi connectivity index (χ0) is 15.2. The lowest BCUT2D eigenvalue weighted by molar-refractivity contribution is 0.0952. The fourth-order valence-corrected chi connectivity index (χ4v) is 1.97. The number of nitrogens with one attached hydrogen (secondary N) is 1. The summed E-state index contributed by atoms with van der Waals surface area (Å²) in [4.78, 5) is 14.2. The Balaban J connectivity index is 2.01. The molecule has 7 heteroatoms. The van der Waals surface area contributed by atoms with Crippen molar-refractivity contribution >= 4 is 5.91 Å². The third-order valence-corrected chi connectivity index (χ3v) is 3.07. The number of carbonyl (C=O) groups excluding carboxylic acids is 1. The highest BCUT2D eigenvalue weighted by molar-refractivity contribution is 5.95. The number of amides is 1. The fraction of sp³-hybridized carbons (Fsp3) is 0.429. The summed E-state index contributed by atoms with van der Waals surface area (Å²) in [6.45, 7) is 1.61. The highest BCUT2D eigenvalue weighted by Gasteiger charge is 2.10. The maximum absolute atomic E-state index is 12.1. The van der Waals surface area contributed by atoms with Crippen LogP contribution >= 0.6 is 0 Å². The molecule has 2 aromatic rings. The molecule has 0 saturated heterocycles. The molecule has 0 aliphatic rings. The standard InChI is InChI=1S/C14H20N6O/c1-19(2)9-5-8-15-14(21)12-7-4-6-11(10-12)13-16-17-18-20(13)3/h4,6-7,10H,5,8-9H2,1-3H3,(H,15,21). The van der Waals surface area contributed by atoms with Crippen molar-refractivity contribution in [1.82, 2.24) is 30.4 Å². The molecular formula is C14H20N6O. The molecule has 0 spiro atoms. The van der Waals surface area contributed by atoms with Gasteiger partial charge in [-0.3, -0.25) is 4.79 Å². The van der Waals surface area contributed by atoms with Crippen LogP contribution in [-0.4, -0.2) is 58.2 Å². The number of hydrogen-bond donors (Lipinski definition) is 1. The number of rotatable bonds is 6. The van der Waals surface area contributed by atoms with Crippen LogP contribution in [0.5, 0.6) is 0 Å². The number of aryl methyl sites for hydroxylation is 1. The third kappa shape index (κ3) is 4.09. The molecule has 7 nitrogen and oxygen atoms in total. The Morgan fingerprint density at radius 3 is 2.86 bits per heavy atom. The van der Waals surface area contributed by atoms with Crippen molar-refractivity contribution in [1.29, 1.82) is 0 Å². The molecule has 0 saturated carbocycles. The lowest BCUT2D eigenvalue weighted by atomic mass is 10.1. The third-order valence-electron chi connectivity index (χ3n) is 3.07. The maximum Gasteiger partial charge on any atom is 0.251 e. The predicted octanol–water partition coefficient (Wildman–Crippen LogP) is 0.559. The second kappa shape index (κ2) is 6.94. The summed E-state index contributed by atoms with van der Waals surface area (Å²) in [6, 6.07) is 7.30. The van der Waals surface area contributed by atoms with Crippen molar-refractivity contribution in [3.63, 3.8) is 0 Å². The number of hydrogen-bond acceptors (Lipinski definition) is 5. The van der Waals surface area contributed by atoms with E-state index in [4.69, 9.17) is 0 Å². The molecule has 0 bridgehead atoms. The van der Waals surface area contributed by atoms with E-state index in [1.165, 1.54) is 0 Å². The molecule has 0 unspecified atom stereocenters. The zero-order valence-corrected chi connectivity index (χ0v) is 12.6. The van der Waals surface area contributed by atoms with Crippen LogP contribution in [0.1, 0.15) is 16.8 Å². The maximum atomic E-state index is 12.1. The average Bonchev–Trinajstić information content (AvgIpc) is 2.89. The summed E-state index contributed by atoms with van der Waals surface area (Å²) in [5, 5.41) is 14.3. The van der Waals surface area contributed by atoms with Crippen LogP contribution in [0.2, 0.25) is 0 Å². The Hall–Kier alpha value is -2.28. The lowest BCUT2D eigenvalue weighted by Crippen LogP contribution is -2.27. The van der Waals surface area contributed by atoms with Crippen LogP contribution in [0.4, 0.5) is 0 Å². The van der Waals surface area contributed by atoms with Crippen molar-refractivity contribution in [2.24, 2.45) is 7.05 Å². The number of aromatic nitrogens is 4. The van der Waals surface area contributed by atoms with Crippen molar-refractivity contribution in [3.05, 3.63) is 29.8 Å². The molecule has 0 fully saturated rings. The van der Waals surface area contributed by atoms with Crippen LogP contribution in [0.15, 0.2) is 24.3 Å². The van der Waals surface area contributed by atoms with Crippen LogP contribution in [0, 0.1) is 0 Å². The molecule has 0 radical (unpaired) electrons. The highest BCUT2D eigenvalue weighted by Crippen LogP contribution is 2.16. The van der Waals surface area contributed by atoms with Crippen LogP contribution in [0.25, 0.3) is 11.4 Å². The Morgan fingerprint density at radius 1 is 1.38 bits per heavy atom. The first-order chi connectivity index (χ1) is 10.1. The predicted molar refractivity (Wildman–Crippen MR) is 79.7 cm³/mol. The molecule has 0 atom stereocenters. The van der Waals surface area contributed by atoms with E-state index < -0.39 is 0 Å². The van der Waals surface area contributed by atoms with Gasteiger partial charge in [0.2, 0.25) is 0 Å². The Morgan fingerprint density at radius 2 is 2.19 bits per heavy atom. The van der Waals surface area contributed by atoms with Gasteiger partial charge >= 0.3 is 0 Å². The Kier molecular flexibility index (Phi) is 4.99. The molecule has 2 rings (SSSR count). The van der Waals surface area contributed by atoms with Crippen molar-refractivity contribution < 1.29 is 4.79 Å². The molecule has 21 heavy (non-hydrogen) atoms. The van der Waals surface area contributed by atoms with Crippen molar-refractivity contribution in [2.45, 2.75) is 6.42 Å². The van der Waals surface area contributed by atoms with E-state index in [2.05, 4.69) is 25.7 Å². The van der Waals surface area contributed by atoms with Gasteiger partial charge in [0.15, 0.2) is 5.82 Å². The first kappa shape index (κ1) is 15.1. The SMILES string of the molecule is CN(C)CCCNC(=O)c1cccc(-c2nnnn2C)c1. The molecule has 1 amide bonds. The minimum absolute atomic E-state index is 0.0780. The van der Waals surface area contributed by atoms with Gasteiger partial charge in [0, 0.05) is 24.7 Å². The molecule has 0 aliphatic heterocycles. The minimum Gasteiger partial charge on any atom is -0.352 e. The van der Waals surface area contributed by atoms with Gasteiger partial charge in [-0.1, -0.05) is 12.1 Å². The molecule has 1 heterocycles. The molecule has 1 N–H and O–H groups in total. The molecular weight excluding hydrogens is 268 g/mol. The van der Waals surface area contributed by atoms with Gasteiger partial charge in [-0.2, -0.15) is 0 Å². The first-order valence-corrected chi connectivity index (χ1v) is 6.83. The minimum atomic E-state index is -0.0780. The van der Waals surface area contributed by atoms with E-state index in [9.17, 15) is 4.79 Å². The average molecular weight is 288 g/mol. The van der Waals surface area contributed by atoms with E-state index in [1.54, 1.807) is 23.9 Å². The van der Waals surface area contributed by atoms with Gasteiger partial charge in [0.25, 0.3) is 5.91 Å². The molecule has 112 valence electrons. The Bertz CT molecular complexity index is 607. The first-order valence-electron chi connectivity index (χ1n) is 6.83. The summed E-state index contributed by atoms with van der Waals surface area (Å²) >= 11 is 0. The topological polar surface area (TPSA) is 75.9 Å². The van der Waals surface area contributed by atoms with Gasteiger partial charge in [-0.25, -0.2) is 4.68 Å². The number of carbonyl (C=O) groups is 1. The summed E-state index contributed by atoms with van der Waals surface area (Å²) in [5.41, 5.74) is 1.43. The second-order valence-electron chi connectivity index (χ2n) is 5.12. The van der Waals surface area contributed by atoms with Crippen molar-refractivity contribution in [2.75, 3.05) is 27.2 Å². The number of benzene rings is 1. The second-order valence-corrected chi connectivity index (χ2v) is 5.12. The summed E-state index contributed by atoms with van der Waals surface area (Å²) < 4.78 is 1.58. The lowest BCUT2D eigenvalue weighted by Gasteiger charge is -2.10. The highest BCUT2D eigenvalue weighted by atomic mass is 16.1. The van der Waals surface area contributed by atoms with Gasteiger partial charge in [0.05, 0.1) is 0 Å². The summed E-state index contributed by atoms with van der Waals surface area (Å²) in [5.74, 6) is 0.558. The normalized spacial score (nSPS) is 10.9. The molecule has 1 aromatic carbocycles. The van der Waals surface area contributed by atoms with E-state index in [0.717, 1.165) is 18.5 Å². The largest absolute Gasteiger partial charge is 0.352 e. The van der Waals surface area contributed by atoms with Gasteiger partial charge in [-0.15, -0.1) is 5.10 Å². The van der Waals surface area contributed by atoms with Crippen molar-refractivity contribution in [3.8, 4) is 11.4 Å². The quantitative estimate of drug-likeness (QED) is 0.786. The van der Waals surface area contributed by atoms with Crippen LogP contribution in [-0.2, 0) is 7.05 Å². The van der Waals surface area contributed by atoms with E-state index in [-0.39, 0.29) is 5.91 Å². The summed E-state index contributed by atoms with van der Waals surface area (Å²) in [6.07, 6.45) is 0.922. The summed E-state index contributed by atoms with van der Waals surface area (Å²) in [7, 11) is 5.80.